The number of piperidine rings is 1. The molecule has 1 amide bonds. The maximum Gasteiger partial charge on any atom is 0.320 e. The molecule has 0 aromatic heterocycles. The maximum atomic E-state index is 12.2. The number of aliphatic carboxylic acids is 1. The highest BCUT2D eigenvalue weighted by molar-refractivity contribution is 5.79. The van der Waals surface area contributed by atoms with Crippen LogP contribution in [0.2, 0.25) is 0 Å². The lowest BCUT2D eigenvalue weighted by Gasteiger charge is -2.33. The predicted molar refractivity (Wildman–Crippen MR) is 86.2 cm³/mol. The topological polar surface area (TPSA) is 78.9 Å². The van der Waals surface area contributed by atoms with Crippen LogP contribution in [0.25, 0.3) is 0 Å². The van der Waals surface area contributed by atoms with Crippen LogP contribution in [0.1, 0.15) is 25.3 Å². The summed E-state index contributed by atoms with van der Waals surface area (Å²) in [6.07, 6.45) is 1.40. The molecule has 1 heterocycles. The van der Waals surface area contributed by atoms with Gasteiger partial charge in [0.05, 0.1) is 7.11 Å². The number of methoxy groups -OCH3 is 1. The van der Waals surface area contributed by atoms with Gasteiger partial charge in [0.1, 0.15) is 11.8 Å². The van der Waals surface area contributed by atoms with Crippen LogP contribution in [0.3, 0.4) is 0 Å². The number of ether oxygens (including phenoxy) is 1. The van der Waals surface area contributed by atoms with Crippen molar-refractivity contribution in [1.82, 2.24) is 10.2 Å². The van der Waals surface area contributed by atoms with Gasteiger partial charge in [0.2, 0.25) is 5.91 Å². The molecule has 1 aliphatic heterocycles. The number of carbonyl (C=O) groups excluding carboxylic acids is 1. The van der Waals surface area contributed by atoms with Crippen molar-refractivity contribution in [2.75, 3.05) is 20.2 Å². The Labute approximate surface area is 136 Å². The van der Waals surface area contributed by atoms with Crippen LogP contribution < -0.4 is 10.1 Å². The number of benzene rings is 1. The molecular weight excluding hydrogens is 296 g/mol. The van der Waals surface area contributed by atoms with Gasteiger partial charge in [-0.1, -0.05) is 12.1 Å². The number of carboxylic acids is 1. The molecule has 6 nitrogen and oxygen atoms in total. The monoisotopic (exact) mass is 320 g/mol. The van der Waals surface area contributed by atoms with Crippen molar-refractivity contribution in [2.45, 2.75) is 32.4 Å². The lowest BCUT2D eigenvalue weighted by atomic mass is 9.95. The van der Waals surface area contributed by atoms with Crippen molar-refractivity contribution in [3.63, 3.8) is 0 Å². The SMILES string of the molecule is COc1ccc(CNC(=O)C2CCN(C(C)C(=O)O)CC2)cc1. The summed E-state index contributed by atoms with van der Waals surface area (Å²) in [6, 6.07) is 7.10. The predicted octanol–water partition coefficient (Wildman–Crippen LogP) is 1.50. The zero-order valence-electron chi connectivity index (χ0n) is 13.6. The molecule has 0 saturated carbocycles. The van der Waals surface area contributed by atoms with Crippen molar-refractivity contribution < 1.29 is 19.4 Å². The molecule has 23 heavy (non-hydrogen) atoms. The largest absolute Gasteiger partial charge is 0.497 e. The number of hydrogen-bond donors (Lipinski definition) is 2. The van der Waals surface area contributed by atoms with Crippen molar-refractivity contribution in [1.29, 1.82) is 0 Å². The fraction of sp³-hybridized carbons (Fsp3) is 0.529. The molecule has 0 spiro atoms. The number of likely N-dealkylation sites (tertiary alicyclic amines) is 1. The molecule has 126 valence electrons. The lowest BCUT2D eigenvalue weighted by Crippen LogP contribution is -2.46. The van der Waals surface area contributed by atoms with Gasteiger partial charge in [-0.3, -0.25) is 14.5 Å². The zero-order chi connectivity index (χ0) is 16.8. The quantitative estimate of drug-likeness (QED) is 0.830. The third-order valence-electron chi connectivity index (χ3n) is 4.43. The van der Waals surface area contributed by atoms with Gasteiger partial charge < -0.3 is 15.2 Å². The van der Waals surface area contributed by atoms with E-state index in [-0.39, 0.29) is 11.8 Å². The van der Waals surface area contributed by atoms with E-state index in [9.17, 15) is 9.59 Å². The minimum absolute atomic E-state index is 0.0366. The summed E-state index contributed by atoms with van der Waals surface area (Å²) in [6.45, 7) is 3.48. The zero-order valence-corrected chi connectivity index (χ0v) is 13.6. The van der Waals surface area contributed by atoms with Crippen LogP contribution in [0.5, 0.6) is 5.75 Å². The minimum Gasteiger partial charge on any atom is -0.497 e. The molecule has 1 unspecified atom stereocenters. The first kappa shape index (κ1) is 17.3. The molecule has 2 N–H and O–H groups in total. The highest BCUT2D eigenvalue weighted by atomic mass is 16.5. The van der Waals surface area contributed by atoms with Crippen LogP contribution in [-0.2, 0) is 16.1 Å². The highest BCUT2D eigenvalue weighted by Crippen LogP contribution is 2.19. The fourth-order valence-electron chi connectivity index (χ4n) is 2.78. The van der Waals surface area contributed by atoms with E-state index in [4.69, 9.17) is 9.84 Å². The molecule has 2 rings (SSSR count). The van der Waals surface area contributed by atoms with Crippen molar-refractivity contribution >= 4 is 11.9 Å². The number of rotatable bonds is 6. The summed E-state index contributed by atoms with van der Waals surface area (Å²) < 4.78 is 5.10. The van der Waals surface area contributed by atoms with E-state index in [0.717, 1.165) is 11.3 Å². The molecule has 1 aliphatic rings. The van der Waals surface area contributed by atoms with Crippen LogP contribution in [0, 0.1) is 5.92 Å². The molecular formula is C17H24N2O4. The van der Waals surface area contributed by atoms with Crippen molar-refractivity contribution in [3.8, 4) is 5.75 Å². The first-order chi connectivity index (χ1) is 11.0. The minimum atomic E-state index is -0.813. The summed E-state index contributed by atoms with van der Waals surface area (Å²) in [5.41, 5.74) is 1.02. The van der Waals surface area contributed by atoms with Gasteiger partial charge in [-0.2, -0.15) is 0 Å². The third-order valence-corrected chi connectivity index (χ3v) is 4.43. The standard InChI is InChI=1S/C17H24N2O4/c1-12(17(21)22)19-9-7-14(8-10-19)16(20)18-11-13-3-5-15(23-2)6-4-13/h3-6,12,14H,7-11H2,1-2H3,(H,18,20)(H,21,22). The number of nitrogens with one attached hydrogen (secondary N) is 1. The second-order valence-corrected chi connectivity index (χ2v) is 5.89. The highest BCUT2D eigenvalue weighted by Gasteiger charge is 2.29. The van der Waals surface area contributed by atoms with E-state index in [0.29, 0.717) is 32.5 Å². The molecule has 0 aliphatic carbocycles. The van der Waals surface area contributed by atoms with E-state index >= 15 is 0 Å². The Balaban J connectivity index is 1.77. The molecule has 1 aromatic carbocycles. The van der Waals surface area contributed by atoms with E-state index < -0.39 is 12.0 Å². The Morgan fingerprint density at radius 1 is 1.30 bits per heavy atom. The number of amides is 1. The molecule has 1 saturated heterocycles. The second kappa shape index (κ2) is 7.97. The number of hydrogen-bond acceptors (Lipinski definition) is 4. The Hall–Kier alpha value is -2.08. The summed E-state index contributed by atoms with van der Waals surface area (Å²) in [7, 11) is 1.62. The summed E-state index contributed by atoms with van der Waals surface area (Å²) in [4.78, 5) is 25.1. The molecule has 1 fully saturated rings. The number of carboxylic acid groups (broad SMARTS) is 1. The normalized spacial score (nSPS) is 17.5. The van der Waals surface area contributed by atoms with E-state index in [1.807, 2.05) is 29.2 Å². The van der Waals surface area contributed by atoms with Crippen LogP contribution in [0.4, 0.5) is 0 Å². The Morgan fingerprint density at radius 3 is 2.43 bits per heavy atom. The van der Waals surface area contributed by atoms with Crippen LogP contribution in [0.15, 0.2) is 24.3 Å². The van der Waals surface area contributed by atoms with Crippen molar-refractivity contribution in [3.05, 3.63) is 29.8 Å². The van der Waals surface area contributed by atoms with Crippen LogP contribution >= 0.6 is 0 Å². The Bertz CT molecular complexity index is 536. The van der Waals surface area contributed by atoms with Gasteiger partial charge in [0.15, 0.2) is 0 Å². The van der Waals surface area contributed by atoms with Gasteiger partial charge in [0.25, 0.3) is 0 Å². The average Bonchev–Trinajstić information content (AvgIpc) is 2.59. The average molecular weight is 320 g/mol. The van der Waals surface area contributed by atoms with Gasteiger partial charge in [0, 0.05) is 12.5 Å². The molecule has 1 atom stereocenters. The molecule has 1 aromatic rings. The van der Waals surface area contributed by atoms with Crippen LogP contribution in [-0.4, -0.2) is 48.1 Å². The number of nitrogens with zero attached hydrogens (tertiary/aromatic N) is 1. The van der Waals surface area contributed by atoms with E-state index in [1.54, 1.807) is 14.0 Å². The molecule has 0 bridgehead atoms. The van der Waals surface area contributed by atoms with E-state index in [2.05, 4.69) is 5.32 Å². The Kier molecular flexibility index (Phi) is 5.98. The summed E-state index contributed by atoms with van der Waals surface area (Å²) in [5, 5.41) is 12.0. The summed E-state index contributed by atoms with van der Waals surface area (Å²) >= 11 is 0. The van der Waals surface area contributed by atoms with Gasteiger partial charge in [-0.25, -0.2) is 0 Å². The maximum absolute atomic E-state index is 12.2. The van der Waals surface area contributed by atoms with Crippen molar-refractivity contribution in [2.24, 2.45) is 5.92 Å². The smallest absolute Gasteiger partial charge is 0.320 e. The molecule has 0 radical (unpaired) electrons. The third kappa shape index (κ3) is 4.69. The second-order valence-electron chi connectivity index (χ2n) is 5.89. The van der Waals surface area contributed by atoms with Gasteiger partial charge >= 0.3 is 5.97 Å². The number of carbonyl (C=O) groups is 2. The lowest BCUT2D eigenvalue weighted by molar-refractivity contribution is -0.143. The van der Waals surface area contributed by atoms with Gasteiger partial charge in [-0.15, -0.1) is 0 Å². The Morgan fingerprint density at radius 2 is 1.91 bits per heavy atom. The first-order valence-corrected chi connectivity index (χ1v) is 7.88. The first-order valence-electron chi connectivity index (χ1n) is 7.88. The molecule has 6 heteroatoms. The van der Waals surface area contributed by atoms with E-state index in [1.165, 1.54) is 0 Å². The van der Waals surface area contributed by atoms with Gasteiger partial charge in [-0.05, 0) is 50.6 Å². The summed E-state index contributed by atoms with van der Waals surface area (Å²) in [5.74, 6) is -0.0126. The fourth-order valence-corrected chi connectivity index (χ4v) is 2.78.